The molecule has 1 fully saturated rings. The molecule has 0 spiro atoms. The molecule has 0 N–H and O–H groups in total. The van der Waals surface area contributed by atoms with E-state index in [1.165, 1.54) is 180 Å². The summed E-state index contributed by atoms with van der Waals surface area (Å²) in [6, 6.07) is 0. The van der Waals surface area contributed by atoms with Gasteiger partial charge in [0.15, 0.2) is 5.78 Å². The Morgan fingerprint density at radius 2 is 0.679 bits per heavy atom. The molecule has 1 heterocycles. The average molecular weight is 809 g/mol. The van der Waals surface area contributed by atoms with Crippen molar-refractivity contribution in [1.82, 2.24) is 0 Å². The Morgan fingerprint density at radius 3 is 0.929 bits per heavy atom. The topological polar surface area (TPSA) is 61.8 Å². The van der Waals surface area contributed by atoms with E-state index in [9.17, 15) is 9.59 Å². The molecule has 7 heteroatoms. The van der Waals surface area contributed by atoms with E-state index in [-0.39, 0.29) is 22.6 Å². The van der Waals surface area contributed by atoms with Crippen LogP contribution in [0.4, 0.5) is 0 Å². The summed E-state index contributed by atoms with van der Waals surface area (Å²) in [6.07, 6.45) is 43.4. The molecule has 332 valence electrons. The highest BCUT2D eigenvalue weighted by Crippen LogP contribution is 2.46. The van der Waals surface area contributed by atoms with E-state index in [1.54, 1.807) is 0 Å². The predicted octanol–water partition coefficient (Wildman–Crippen LogP) is 15.0. The predicted molar refractivity (Wildman–Crippen MR) is 242 cm³/mol. The molecule has 6 nitrogen and oxygen atoms in total. The third kappa shape index (κ3) is 19.2. The summed E-state index contributed by atoms with van der Waals surface area (Å²) in [7, 11) is -3.60. The van der Waals surface area contributed by atoms with Crippen molar-refractivity contribution in [2.45, 2.75) is 271 Å². The first-order valence-electron chi connectivity index (χ1n) is 25.3. The second-order valence-electron chi connectivity index (χ2n) is 17.4. The molecule has 0 aliphatic carbocycles. The number of piperidine rings is 1. The number of hydrogen-bond acceptors (Lipinski definition) is 5. The van der Waals surface area contributed by atoms with Crippen LogP contribution in [0.25, 0.3) is 0 Å². The van der Waals surface area contributed by atoms with Crippen LogP contribution >= 0.6 is 0 Å². The van der Waals surface area contributed by atoms with Gasteiger partial charge in [-0.05, 0) is 46.5 Å². The van der Waals surface area contributed by atoms with E-state index in [0.717, 1.165) is 25.7 Å². The molecule has 0 aromatic carbocycles. The van der Waals surface area contributed by atoms with Crippen LogP contribution in [-0.2, 0) is 22.9 Å². The van der Waals surface area contributed by atoms with Crippen LogP contribution in [0.15, 0.2) is 0 Å². The minimum Gasteiger partial charge on any atom is -0.370 e. The van der Waals surface area contributed by atoms with Gasteiger partial charge in [-0.15, -0.1) is 0 Å². The molecule has 0 unspecified atom stereocenters. The van der Waals surface area contributed by atoms with Crippen LogP contribution in [0.2, 0.25) is 0 Å². The summed E-state index contributed by atoms with van der Waals surface area (Å²) >= 11 is 0. The first-order valence-corrected chi connectivity index (χ1v) is 27.0. The van der Waals surface area contributed by atoms with Gasteiger partial charge in [0.1, 0.15) is 0 Å². The number of unbranched alkanes of at least 4 members (excludes halogenated alkanes) is 30. The quantitative estimate of drug-likeness (QED) is 0.0349. The van der Waals surface area contributed by atoms with Crippen LogP contribution in [0, 0.1) is 0 Å². The van der Waals surface area contributed by atoms with E-state index in [4.69, 9.17) is 13.3 Å². The zero-order valence-corrected chi connectivity index (χ0v) is 39.8. The molecule has 0 aromatic rings. The Kier molecular flexibility index (Phi) is 33.6. The lowest BCUT2D eigenvalue weighted by molar-refractivity contribution is -0.889. The summed E-state index contributed by atoms with van der Waals surface area (Å²) in [5.41, 5.74) is 0. The van der Waals surface area contributed by atoms with Crippen LogP contribution < -0.4 is 0 Å². The fraction of sp³-hybridized carbons (Fsp3) is 0.959. The molecule has 1 aliphatic heterocycles. The summed E-state index contributed by atoms with van der Waals surface area (Å²) in [4.78, 5) is 29.1. The van der Waals surface area contributed by atoms with Gasteiger partial charge in [0, 0.05) is 32.7 Å². The maximum atomic E-state index is 14.6. The van der Waals surface area contributed by atoms with Gasteiger partial charge in [0.25, 0.3) is 0 Å². The fourth-order valence-electron chi connectivity index (χ4n) is 9.90. The second kappa shape index (κ2) is 35.2. The Morgan fingerprint density at radius 1 is 0.411 bits per heavy atom. The number of hydrogen-bond donors (Lipinski definition) is 0. The second-order valence-corrected chi connectivity index (χ2v) is 20.2. The van der Waals surface area contributed by atoms with E-state index in [0.29, 0.717) is 45.8 Å². The smallest absolute Gasteiger partial charge is 0.370 e. The molecule has 1 rings (SSSR count). The van der Waals surface area contributed by atoms with Gasteiger partial charge >= 0.3 is 14.7 Å². The maximum Gasteiger partial charge on any atom is 0.574 e. The Hall–Kier alpha value is -0.603. The van der Waals surface area contributed by atoms with Crippen molar-refractivity contribution in [2.24, 2.45) is 0 Å². The first-order chi connectivity index (χ1) is 27.4. The van der Waals surface area contributed by atoms with Gasteiger partial charge in [0.2, 0.25) is 5.16 Å². The van der Waals surface area contributed by atoms with E-state index < -0.39 is 14.0 Å². The molecule has 1 saturated heterocycles. The molecule has 1 atom stereocenters. The number of amides is 1. The number of carbonyl (C=O) groups excluding carboxylic acids is 2. The molecule has 0 bridgehead atoms. The van der Waals surface area contributed by atoms with Gasteiger partial charge in [-0.25, -0.2) is 9.28 Å². The number of carbonyl (C=O) groups is 2. The SMILES string of the molecule is CCCCCCCCCCCCCCCCCC[N+]1(CCCCCCCCCCCCCCCCCC)C(=O)CCC(=O)[C@@]1(CC)[Si](OCC)(OCC)OCC. The Balaban J connectivity index is 2.76. The highest BCUT2D eigenvalue weighted by atomic mass is 28.4. The maximum absolute atomic E-state index is 14.6. The van der Waals surface area contributed by atoms with Crippen molar-refractivity contribution in [3.8, 4) is 0 Å². The van der Waals surface area contributed by atoms with E-state index >= 15 is 0 Å². The first kappa shape index (κ1) is 53.4. The van der Waals surface area contributed by atoms with E-state index in [2.05, 4.69) is 20.8 Å². The number of Topliss-reactive ketones (excluding diaryl/α,β-unsaturated/α-hetero) is 1. The summed E-state index contributed by atoms with van der Waals surface area (Å²) in [5, 5.41) is -1.07. The molecule has 56 heavy (non-hydrogen) atoms. The van der Waals surface area contributed by atoms with Crippen molar-refractivity contribution in [3.05, 3.63) is 0 Å². The van der Waals surface area contributed by atoms with Gasteiger partial charge < -0.3 is 13.3 Å². The fourth-order valence-corrected chi connectivity index (χ4v) is 13.8. The number of ketones is 1. The van der Waals surface area contributed by atoms with Crippen molar-refractivity contribution < 1.29 is 27.4 Å². The number of quaternary nitrogens is 1. The summed E-state index contributed by atoms with van der Waals surface area (Å²) < 4.78 is 20.0. The highest BCUT2D eigenvalue weighted by Gasteiger charge is 2.78. The minimum absolute atomic E-state index is 0.134. The standard InChI is InChI=1S/C49H98NO5Si/c1-7-13-15-17-19-21-23-25-27-29-31-33-35-37-39-41-45-50(46-42-40-38-36-34-32-30-28-26-24-22-20-18-16-14-8-2)48(52)44-43-47(51)49(50,9-3)56(53-10-4,54-11-5)55-12-6/h7-46H2,1-6H3/q+1/t49-/m1/s1. The highest BCUT2D eigenvalue weighted by molar-refractivity contribution is 6.69. The van der Waals surface area contributed by atoms with Crippen molar-refractivity contribution in [2.75, 3.05) is 32.9 Å². The van der Waals surface area contributed by atoms with Crippen LogP contribution in [0.3, 0.4) is 0 Å². The summed E-state index contributed by atoms with van der Waals surface area (Å²) in [6.45, 7) is 15.2. The number of rotatable bonds is 42. The molecule has 0 saturated carbocycles. The van der Waals surface area contributed by atoms with Gasteiger partial charge in [-0.1, -0.05) is 201 Å². The van der Waals surface area contributed by atoms with Gasteiger partial charge in [-0.3, -0.25) is 4.79 Å². The third-order valence-corrected chi connectivity index (χ3v) is 17.1. The van der Waals surface area contributed by atoms with Crippen LogP contribution in [0.5, 0.6) is 0 Å². The zero-order chi connectivity index (χ0) is 41.1. The molecular weight excluding hydrogens is 711 g/mol. The van der Waals surface area contributed by atoms with Crippen molar-refractivity contribution >= 4 is 20.5 Å². The lowest BCUT2D eigenvalue weighted by atomic mass is 9.91. The lowest BCUT2D eigenvalue weighted by Gasteiger charge is -2.56. The monoisotopic (exact) mass is 809 g/mol. The van der Waals surface area contributed by atoms with Gasteiger partial charge in [-0.2, -0.15) is 0 Å². The molecule has 1 amide bonds. The average Bonchev–Trinajstić information content (AvgIpc) is 3.19. The zero-order valence-electron chi connectivity index (χ0n) is 38.8. The third-order valence-electron chi connectivity index (χ3n) is 13.0. The summed E-state index contributed by atoms with van der Waals surface area (Å²) in [5.74, 6) is 0.346. The van der Waals surface area contributed by atoms with Crippen LogP contribution in [0.1, 0.15) is 266 Å². The van der Waals surface area contributed by atoms with Crippen molar-refractivity contribution in [3.63, 3.8) is 0 Å². The lowest BCUT2D eigenvalue weighted by Crippen LogP contribution is -2.85. The minimum atomic E-state index is -3.60. The molecule has 0 aromatic heterocycles. The van der Waals surface area contributed by atoms with Crippen LogP contribution in [-0.4, -0.2) is 63.1 Å². The molecular formula is C49H98NO5Si+. The normalized spacial score (nSPS) is 17.3. The van der Waals surface area contributed by atoms with Gasteiger partial charge in [0.05, 0.1) is 19.5 Å². The molecule has 0 radical (unpaired) electrons. The Bertz CT molecular complexity index is 877. The van der Waals surface area contributed by atoms with Crippen molar-refractivity contribution in [1.29, 1.82) is 0 Å². The van der Waals surface area contributed by atoms with E-state index in [1.807, 2.05) is 20.8 Å². The Labute approximate surface area is 351 Å². The number of nitrogens with zero attached hydrogens (tertiary/aromatic N) is 1. The largest absolute Gasteiger partial charge is 0.574 e. The molecule has 1 aliphatic rings. The number of likely N-dealkylation sites (tertiary alicyclic amines) is 1.